The van der Waals surface area contributed by atoms with Gasteiger partial charge in [-0.3, -0.25) is 14.9 Å². The molecule has 2 saturated heterocycles. The highest BCUT2D eigenvalue weighted by Gasteiger charge is 2.54. The Morgan fingerprint density at radius 2 is 1.97 bits per heavy atom. The number of nitrogens with zero attached hydrogens (tertiary/aromatic N) is 2. The summed E-state index contributed by atoms with van der Waals surface area (Å²) in [6.07, 6.45) is 0.872. The van der Waals surface area contributed by atoms with Crippen LogP contribution in [0.15, 0.2) is 18.2 Å². The maximum Gasteiger partial charge on any atom is 0.325 e. The van der Waals surface area contributed by atoms with Gasteiger partial charge in [0.15, 0.2) is 0 Å². The first-order valence-corrected chi connectivity index (χ1v) is 10.1. The Morgan fingerprint density at radius 3 is 2.59 bits per heavy atom. The zero-order valence-electron chi connectivity index (χ0n) is 17.4. The van der Waals surface area contributed by atoms with Crippen LogP contribution in [0.4, 0.5) is 4.79 Å². The van der Waals surface area contributed by atoms with Crippen LogP contribution in [0.1, 0.15) is 42.6 Å². The lowest BCUT2D eigenvalue weighted by molar-refractivity contribution is -0.129. The normalized spacial score (nSPS) is 18.5. The molecule has 3 rings (SSSR count). The molecule has 2 aliphatic rings. The molecule has 29 heavy (non-hydrogen) atoms. The molecular weight excluding hydrogens is 372 g/mol. The van der Waals surface area contributed by atoms with Gasteiger partial charge in [-0.05, 0) is 43.4 Å². The third kappa shape index (κ3) is 4.07. The van der Waals surface area contributed by atoms with Gasteiger partial charge in [-0.15, -0.1) is 0 Å². The average Bonchev–Trinajstić information content (AvgIpc) is 2.91. The summed E-state index contributed by atoms with van der Waals surface area (Å²) in [5.41, 5.74) is 6.14. The van der Waals surface area contributed by atoms with Gasteiger partial charge in [0.2, 0.25) is 0 Å². The molecule has 0 aliphatic carbocycles. The molecule has 0 atom stereocenters. The van der Waals surface area contributed by atoms with E-state index in [2.05, 4.69) is 5.32 Å². The molecule has 0 radical (unpaired) electrons. The topological polar surface area (TPSA) is 105 Å². The fraction of sp³-hybridized carbons (Fsp3) is 0.571. The second-order valence-electron chi connectivity index (χ2n) is 8.20. The summed E-state index contributed by atoms with van der Waals surface area (Å²) in [7, 11) is 0. The maximum absolute atomic E-state index is 13.0. The number of likely N-dealkylation sites (tertiary alicyclic amines) is 1. The summed E-state index contributed by atoms with van der Waals surface area (Å²) in [5, 5.41) is 2.46. The van der Waals surface area contributed by atoms with E-state index in [1.165, 1.54) is 0 Å². The number of hydrogen-bond acceptors (Lipinski definition) is 5. The van der Waals surface area contributed by atoms with Crippen molar-refractivity contribution < 1.29 is 19.1 Å². The molecule has 0 bridgehead atoms. The largest absolute Gasteiger partial charge is 0.492 e. The van der Waals surface area contributed by atoms with Gasteiger partial charge in [0.1, 0.15) is 17.9 Å². The first kappa shape index (κ1) is 21.1. The van der Waals surface area contributed by atoms with Crippen LogP contribution in [-0.2, 0) is 4.79 Å². The lowest BCUT2D eigenvalue weighted by atomic mass is 9.85. The molecule has 158 valence electrons. The van der Waals surface area contributed by atoms with E-state index in [1.807, 2.05) is 26.8 Å². The number of carbonyl (C=O) groups excluding carboxylic acids is 3. The van der Waals surface area contributed by atoms with Crippen molar-refractivity contribution in [1.82, 2.24) is 15.1 Å². The standard InChI is InChI=1S/C21H30N4O4/c1-14(2)13-25-20(28)23-19(27)21(25)6-9-24(10-7-21)18(26)16-5-4-15(3)17(12-16)29-11-8-22/h4-5,12,14H,6-11,13,22H2,1-3H3,(H,23,27,28). The number of ether oxygens (including phenoxy) is 1. The van der Waals surface area contributed by atoms with Crippen molar-refractivity contribution in [2.24, 2.45) is 11.7 Å². The molecule has 2 fully saturated rings. The maximum atomic E-state index is 13.0. The molecule has 1 aromatic carbocycles. The number of benzene rings is 1. The third-order valence-electron chi connectivity index (χ3n) is 5.64. The fourth-order valence-electron chi connectivity index (χ4n) is 4.04. The van der Waals surface area contributed by atoms with Crippen LogP contribution < -0.4 is 15.8 Å². The number of amides is 4. The number of urea groups is 1. The summed E-state index contributed by atoms with van der Waals surface area (Å²) < 4.78 is 5.62. The van der Waals surface area contributed by atoms with Gasteiger partial charge in [0, 0.05) is 31.7 Å². The quantitative estimate of drug-likeness (QED) is 0.702. The Labute approximate surface area is 171 Å². The third-order valence-corrected chi connectivity index (χ3v) is 5.64. The van der Waals surface area contributed by atoms with E-state index in [0.29, 0.717) is 56.9 Å². The summed E-state index contributed by atoms with van der Waals surface area (Å²) in [4.78, 5) is 41.3. The smallest absolute Gasteiger partial charge is 0.325 e. The van der Waals surface area contributed by atoms with Gasteiger partial charge in [0.25, 0.3) is 11.8 Å². The van der Waals surface area contributed by atoms with E-state index < -0.39 is 5.54 Å². The summed E-state index contributed by atoms with van der Waals surface area (Å²) in [5.74, 6) is 0.557. The number of aryl methyl sites for hydroxylation is 1. The predicted octanol–water partition coefficient (Wildman–Crippen LogP) is 1.52. The molecule has 2 aliphatic heterocycles. The summed E-state index contributed by atoms with van der Waals surface area (Å²) in [6, 6.07) is 5.06. The molecule has 3 N–H and O–H groups in total. The molecule has 0 saturated carbocycles. The minimum atomic E-state index is -0.846. The molecule has 1 spiro atoms. The predicted molar refractivity (Wildman–Crippen MR) is 109 cm³/mol. The molecular formula is C21H30N4O4. The Hall–Kier alpha value is -2.61. The number of nitrogens with one attached hydrogen (secondary N) is 1. The van der Waals surface area contributed by atoms with Gasteiger partial charge in [-0.1, -0.05) is 19.9 Å². The van der Waals surface area contributed by atoms with E-state index in [1.54, 1.807) is 21.9 Å². The number of rotatable bonds is 6. The molecule has 4 amide bonds. The second-order valence-corrected chi connectivity index (χ2v) is 8.20. The number of piperidine rings is 1. The van der Waals surface area contributed by atoms with E-state index >= 15 is 0 Å². The van der Waals surface area contributed by atoms with Crippen LogP contribution in [0, 0.1) is 12.8 Å². The molecule has 2 heterocycles. The molecule has 8 nitrogen and oxygen atoms in total. The monoisotopic (exact) mass is 402 g/mol. The fourth-order valence-corrected chi connectivity index (χ4v) is 4.04. The van der Waals surface area contributed by atoms with Crippen molar-refractivity contribution in [2.45, 2.75) is 39.2 Å². The highest BCUT2D eigenvalue weighted by Crippen LogP contribution is 2.34. The average molecular weight is 402 g/mol. The molecule has 0 aromatic heterocycles. The first-order chi connectivity index (χ1) is 13.8. The van der Waals surface area contributed by atoms with Gasteiger partial charge in [-0.25, -0.2) is 4.79 Å². The minimum absolute atomic E-state index is 0.0995. The van der Waals surface area contributed by atoms with E-state index in [-0.39, 0.29) is 23.8 Å². The van der Waals surface area contributed by atoms with Crippen molar-refractivity contribution in [3.05, 3.63) is 29.3 Å². The number of carbonyl (C=O) groups is 3. The molecule has 0 unspecified atom stereocenters. The lowest BCUT2D eigenvalue weighted by Crippen LogP contribution is -2.58. The number of hydrogen-bond donors (Lipinski definition) is 2. The van der Waals surface area contributed by atoms with Gasteiger partial charge < -0.3 is 20.3 Å². The zero-order chi connectivity index (χ0) is 21.2. The molecule has 8 heteroatoms. The van der Waals surface area contributed by atoms with Crippen LogP contribution in [0.25, 0.3) is 0 Å². The Balaban J connectivity index is 1.72. The van der Waals surface area contributed by atoms with Crippen molar-refractivity contribution in [3.8, 4) is 5.75 Å². The van der Waals surface area contributed by atoms with Gasteiger partial charge in [0.05, 0.1) is 0 Å². The Morgan fingerprint density at radius 1 is 1.28 bits per heavy atom. The number of imide groups is 1. The highest BCUT2D eigenvalue weighted by molar-refractivity contribution is 6.07. The van der Waals surface area contributed by atoms with Crippen LogP contribution in [0.2, 0.25) is 0 Å². The SMILES string of the molecule is Cc1ccc(C(=O)N2CCC3(CC2)C(=O)NC(=O)N3CC(C)C)cc1OCCN. The summed E-state index contributed by atoms with van der Waals surface area (Å²) in [6.45, 7) is 8.10. The Bertz CT molecular complexity index is 800. The lowest BCUT2D eigenvalue weighted by Gasteiger charge is -2.42. The minimum Gasteiger partial charge on any atom is -0.492 e. The van der Waals surface area contributed by atoms with Crippen LogP contribution >= 0.6 is 0 Å². The van der Waals surface area contributed by atoms with E-state index in [4.69, 9.17) is 10.5 Å². The zero-order valence-corrected chi connectivity index (χ0v) is 17.4. The van der Waals surface area contributed by atoms with Crippen LogP contribution in [0.5, 0.6) is 5.75 Å². The van der Waals surface area contributed by atoms with Crippen molar-refractivity contribution in [3.63, 3.8) is 0 Å². The second kappa shape index (κ2) is 8.41. The van der Waals surface area contributed by atoms with Crippen molar-refractivity contribution >= 4 is 17.8 Å². The van der Waals surface area contributed by atoms with Crippen LogP contribution in [-0.4, -0.2) is 66.0 Å². The first-order valence-electron chi connectivity index (χ1n) is 10.1. The van der Waals surface area contributed by atoms with Gasteiger partial charge in [-0.2, -0.15) is 0 Å². The van der Waals surface area contributed by atoms with E-state index in [9.17, 15) is 14.4 Å². The van der Waals surface area contributed by atoms with Crippen molar-refractivity contribution in [2.75, 3.05) is 32.8 Å². The van der Waals surface area contributed by atoms with Crippen molar-refractivity contribution in [1.29, 1.82) is 0 Å². The summed E-state index contributed by atoms with van der Waals surface area (Å²) >= 11 is 0. The number of nitrogens with two attached hydrogens (primary N) is 1. The Kier molecular flexibility index (Phi) is 6.12. The van der Waals surface area contributed by atoms with Crippen LogP contribution in [0.3, 0.4) is 0 Å². The van der Waals surface area contributed by atoms with E-state index in [0.717, 1.165) is 5.56 Å². The molecule has 1 aromatic rings. The highest BCUT2D eigenvalue weighted by atomic mass is 16.5. The van der Waals surface area contributed by atoms with Gasteiger partial charge >= 0.3 is 6.03 Å².